The van der Waals surface area contributed by atoms with E-state index in [1.165, 1.54) is 46.4 Å². The number of anilines is 1. The molecule has 0 spiro atoms. The number of alkyl halides is 3. The van der Waals surface area contributed by atoms with Crippen LogP contribution in [-0.4, -0.2) is 50.7 Å². The van der Waals surface area contributed by atoms with Crippen molar-refractivity contribution in [2.45, 2.75) is 72.7 Å². The maximum Gasteiger partial charge on any atom is 0.573 e. The largest absolute Gasteiger partial charge is 0.573 e. The maximum absolute atomic E-state index is 13.1. The molecule has 0 aliphatic carbocycles. The molecular weight excluding hydrogens is 637 g/mol. The summed E-state index contributed by atoms with van der Waals surface area (Å²) in [6.45, 7) is 11.1. The first kappa shape index (κ1) is 35.0. The third-order valence-electron chi connectivity index (χ3n) is 8.07. The number of ether oxygens (including phenoxy) is 1. The lowest BCUT2D eigenvalue weighted by Crippen LogP contribution is -2.43. The molecule has 0 bridgehead atoms. The second-order valence-corrected chi connectivity index (χ2v) is 13.9. The lowest BCUT2D eigenvalue weighted by molar-refractivity contribution is -0.274. The summed E-state index contributed by atoms with van der Waals surface area (Å²) in [6.07, 6.45) is 0.519. The predicted molar refractivity (Wildman–Crippen MR) is 186 cm³/mol. The summed E-state index contributed by atoms with van der Waals surface area (Å²) < 4.78 is 42.8. The quantitative estimate of drug-likeness (QED) is 0.181. The van der Waals surface area contributed by atoms with E-state index in [1.807, 2.05) is 24.3 Å². The van der Waals surface area contributed by atoms with E-state index in [0.717, 1.165) is 53.4 Å². The second-order valence-electron chi connectivity index (χ2n) is 12.9. The van der Waals surface area contributed by atoms with Gasteiger partial charge in [0.1, 0.15) is 12.1 Å². The van der Waals surface area contributed by atoms with Crippen LogP contribution in [0.15, 0.2) is 78.0 Å². The van der Waals surface area contributed by atoms with Gasteiger partial charge in [0.05, 0.1) is 5.69 Å². The molecule has 1 aliphatic rings. The zero-order chi connectivity index (χ0) is 34.5. The number of nitrogens with zero attached hydrogens (tertiary/aromatic N) is 5. The molecule has 12 heteroatoms. The molecule has 1 aliphatic heterocycles. The Morgan fingerprint density at radius 2 is 1.81 bits per heavy atom. The normalized spacial score (nSPS) is 16.3. The molecule has 1 unspecified atom stereocenters. The van der Waals surface area contributed by atoms with Crippen LogP contribution in [-0.2, 0) is 12.8 Å². The molecule has 1 saturated heterocycles. The fourth-order valence-corrected chi connectivity index (χ4v) is 6.87. The molecule has 2 amide bonds. The van der Waals surface area contributed by atoms with Crippen molar-refractivity contribution in [3.8, 4) is 22.8 Å². The van der Waals surface area contributed by atoms with Gasteiger partial charge in [-0.1, -0.05) is 75.4 Å². The number of aryl methyl sites for hydroxylation is 2. The molecule has 2 heterocycles. The van der Waals surface area contributed by atoms with Gasteiger partial charge < -0.3 is 15.0 Å². The Kier molecular flexibility index (Phi) is 10.8. The lowest BCUT2D eigenvalue weighted by atomic mass is 9.85. The van der Waals surface area contributed by atoms with Crippen LogP contribution in [0, 0.1) is 12.3 Å². The van der Waals surface area contributed by atoms with Crippen LogP contribution < -0.4 is 15.0 Å². The predicted octanol–water partition coefficient (Wildman–Crippen LogP) is 8.76. The first-order valence-electron chi connectivity index (χ1n) is 16.1. The summed E-state index contributed by atoms with van der Waals surface area (Å²) in [5.74, 6) is 1.10. The van der Waals surface area contributed by atoms with Gasteiger partial charge in [-0.3, -0.25) is 0 Å². The number of rotatable bonds is 10. The summed E-state index contributed by atoms with van der Waals surface area (Å²) in [4.78, 5) is 24.3. The van der Waals surface area contributed by atoms with Gasteiger partial charge in [0.15, 0.2) is 11.0 Å². The molecule has 1 atom stereocenters. The highest BCUT2D eigenvalue weighted by Gasteiger charge is 2.31. The van der Waals surface area contributed by atoms with Gasteiger partial charge in [-0.05, 0) is 85.5 Å². The smallest absolute Gasteiger partial charge is 0.406 e. The van der Waals surface area contributed by atoms with Crippen LogP contribution in [0.3, 0.4) is 0 Å². The number of amidine groups is 1. The summed E-state index contributed by atoms with van der Waals surface area (Å²) in [7, 11) is 0. The molecule has 0 radical (unpaired) electrons. The van der Waals surface area contributed by atoms with Gasteiger partial charge in [0, 0.05) is 29.6 Å². The van der Waals surface area contributed by atoms with Crippen molar-refractivity contribution >= 4 is 28.6 Å². The molecular formula is C36H41F3N6O2S. The van der Waals surface area contributed by atoms with Crippen molar-refractivity contribution in [1.82, 2.24) is 20.1 Å². The van der Waals surface area contributed by atoms with Gasteiger partial charge in [-0.2, -0.15) is 4.99 Å². The van der Waals surface area contributed by atoms with Crippen LogP contribution in [0.2, 0.25) is 0 Å². The molecule has 0 saturated carbocycles. The molecule has 8 nitrogen and oxygen atoms in total. The van der Waals surface area contributed by atoms with Crippen LogP contribution in [0.1, 0.15) is 57.2 Å². The highest BCUT2D eigenvalue weighted by Crippen LogP contribution is 2.33. The molecule has 5 rings (SSSR count). The molecule has 1 aromatic heterocycles. The number of carbonyl (C=O) groups excluding carboxylic acids is 1. The Hall–Kier alpha value is -4.32. The highest BCUT2D eigenvalue weighted by atomic mass is 32.2. The average Bonchev–Trinajstić information content (AvgIpc) is 3.52. The molecule has 1 N–H and O–H groups in total. The number of hydrogen-bond acceptors (Lipinski definition) is 5. The van der Waals surface area contributed by atoms with E-state index in [4.69, 9.17) is 0 Å². The SMILES string of the molecule is CCCc1ccc(C)cc1N1C(=NC(=O)NCC(C)(C)Cc2ccc(-c3ncn(-c4ccc(OC(F)(F)F)cc4)n3)cc2)SCCC1C. The number of thioether (sulfide) groups is 1. The van der Waals surface area contributed by atoms with Crippen LogP contribution >= 0.6 is 11.8 Å². The van der Waals surface area contributed by atoms with Gasteiger partial charge in [-0.15, -0.1) is 18.3 Å². The number of aromatic nitrogens is 3. The fraction of sp³-hybridized carbons (Fsp3) is 0.389. The standard InChI is InChI=1S/C36H41F3N6O2S/c1-6-7-27-11-8-24(2)20-31(27)45-25(3)18-19-48-34(45)42-33(46)40-22-35(4,5)21-26-9-12-28(13-10-26)32-41-23-44(43-32)29-14-16-30(17-15-29)47-36(37,38)39/h8-17,20,23,25H,6-7,18-19,21-22H2,1-5H3,(H,40,46). The van der Waals surface area contributed by atoms with Crippen molar-refractivity contribution in [3.63, 3.8) is 0 Å². The van der Waals surface area contributed by atoms with Gasteiger partial charge >= 0.3 is 12.4 Å². The van der Waals surface area contributed by atoms with Crippen molar-refractivity contribution < 1.29 is 22.7 Å². The van der Waals surface area contributed by atoms with Crippen LogP contribution in [0.5, 0.6) is 5.75 Å². The summed E-state index contributed by atoms with van der Waals surface area (Å²) in [6, 6.07) is 19.8. The lowest BCUT2D eigenvalue weighted by Gasteiger charge is -2.37. The fourth-order valence-electron chi connectivity index (χ4n) is 5.66. The van der Waals surface area contributed by atoms with E-state index in [-0.39, 0.29) is 23.2 Å². The third kappa shape index (κ3) is 9.18. The van der Waals surface area contributed by atoms with Crippen molar-refractivity contribution in [2.75, 3.05) is 17.2 Å². The average molecular weight is 679 g/mol. The van der Waals surface area contributed by atoms with E-state index < -0.39 is 6.36 Å². The second kappa shape index (κ2) is 14.8. The number of aliphatic imine (C=N–C) groups is 1. The zero-order valence-electron chi connectivity index (χ0n) is 27.8. The van der Waals surface area contributed by atoms with E-state index in [1.54, 1.807) is 11.8 Å². The van der Waals surface area contributed by atoms with Crippen molar-refractivity contribution in [1.29, 1.82) is 0 Å². The van der Waals surface area contributed by atoms with Gasteiger partial charge in [-0.25, -0.2) is 14.5 Å². The molecule has 3 aromatic carbocycles. The van der Waals surface area contributed by atoms with Crippen LogP contribution in [0.25, 0.3) is 17.1 Å². The first-order chi connectivity index (χ1) is 22.8. The Bertz CT molecular complexity index is 1740. The maximum atomic E-state index is 13.1. The molecule has 48 heavy (non-hydrogen) atoms. The Morgan fingerprint density at radius 1 is 1.08 bits per heavy atom. The van der Waals surface area contributed by atoms with Gasteiger partial charge in [0.25, 0.3) is 0 Å². The minimum Gasteiger partial charge on any atom is -0.406 e. The van der Waals surface area contributed by atoms with E-state index >= 15 is 0 Å². The topological polar surface area (TPSA) is 84.6 Å². The number of halogens is 3. The Balaban J connectivity index is 1.20. The molecule has 1 fully saturated rings. The highest BCUT2D eigenvalue weighted by molar-refractivity contribution is 8.14. The first-order valence-corrected chi connectivity index (χ1v) is 17.0. The number of nitrogens with one attached hydrogen (secondary N) is 1. The third-order valence-corrected chi connectivity index (χ3v) is 9.06. The monoisotopic (exact) mass is 678 g/mol. The number of carbonyl (C=O) groups is 1. The minimum absolute atomic E-state index is 0.239. The number of amides is 2. The van der Waals surface area contributed by atoms with Crippen molar-refractivity contribution in [2.24, 2.45) is 10.4 Å². The summed E-state index contributed by atoms with van der Waals surface area (Å²) in [5, 5.41) is 8.27. The summed E-state index contributed by atoms with van der Waals surface area (Å²) >= 11 is 1.63. The number of benzene rings is 3. The number of hydrogen-bond donors (Lipinski definition) is 1. The summed E-state index contributed by atoms with van der Waals surface area (Å²) in [5.41, 5.74) is 5.80. The van der Waals surface area contributed by atoms with E-state index in [9.17, 15) is 18.0 Å². The Labute approximate surface area is 283 Å². The molecule has 4 aromatic rings. The van der Waals surface area contributed by atoms with Crippen molar-refractivity contribution in [3.05, 3.63) is 89.7 Å². The van der Waals surface area contributed by atoms with Gasteiger partial charge in [0.2, 0.25) is 0 Å². The van der Waals surface area contributed by atoms with Crippen LogP contribution in [0.4, 0.5) is 23.7 Å². The minimum atomic E-state index is -4.75. The zero-order valence-corrected chi connectivity index (χ0v) is 28.7. The van der Waals surface area contributed by atoms with E-state index in [2.05, 4.69) is 82.8 Å². The van der Waals surface area contributed by atoms with E-state index in [0.29, 0.717) is 18.1 Å². The molecule has 254 valence electrons. The number of urea groups is 1. The Morgan fingerprint density at radius 3 is 2.50 bits per heavy atom.